The van der Waals surface area contributed by atoms with Gasteiger partial charge in [0.25, 0.3) is 0 Å². The number of nitrogens with zero attached hydrogens (tertiary/aromatic N) is 4. The predicted octanol–water partition coefficient (Wildman–Crippen LogP) is 2.91. The number of ether oxygens (including phenoxy) is 3. The molecule has 9 heteroatoms. The van der Waals surface area contributed by atoms with Crippen LogP contribution in [0.4, 0.5) is 4.39 Å². The Morgan fingerprint density at radius 3 is 2.48 bits per heavy atom. The number of aromatic nitrogens is 3. The smallest absolute Gasteiger partial charge is 0.165 e. The third kappa shape index (κ3) is 6.21. The Morgan fingerprint density at radius 1 is 1.00 bits per heavy atom. The minimum Gasteiger partial charge on any atom is -0.493 e. The summed E-state index contributed by atoms with van der Waals surface area (Å²) < 4.78 is 32.5. The average molecular weight is 457 g/mol. The van der Waals surface area contributed by atoms with Gasteiger partial charge >= 0.3 is 0 Å². The van der Waals surface area contributed by atoms with Crippen LogP contribution >= 0.6 is 0 Å². The lowest BCUT2D eigenvalue weighted by molar-refractivity contribution is -0.0543. The molecule has 1 saturated heterocycles. The summed E-state index contributed by atoms with van der Waals surface area (Å²) >= 11 is 0. The Morgan fingerprint density at radius 2 is 1.76 bits per heavy atom. The van der Waals surface area contributed by atoms with Crippen molar-refractivity contribution in [3.63, 3.8) is 0 Å². The molecule has 33 heavy (non-hydrogen) atoms. The minimum atomic E-state index is -0.959. The summed E-state index contributed by atoms with van der Waals surface area (Å²) in [5.41, 5.74) is 0.143. The summed E-state index contributed by atoms with van der Waals surface area (Å²) in [5.74, 6) is 1.12. The average Bonchev–Trinajstić information content (AvgIpc) is 3.35. The zero-order chi connectivity index (χ0) is 23.1. The van der Waals surface area contributed by atoms with Crippen LogP contribution in [0.5, 0.6) is 17.2 Å². The van der Waals surface area contributed by atoms with E-state index in [0.29, 0.717) is 37.5 Å². The second-order valence-electron chi connectivity index (χ2n) is 8.25. The fourth-order valence-electron chi connectivity index (χ4n) is 3.83. The van der Waals surface area contributed by atoms with Crippen LogP contribution in [0.2, 0.25) is 0 Å². The molecule has 2 aromatic carbocycles. The molecule has 1 aliphatic heterocycles. The molecule has 1 aliphatic rings. The van der Waals surface area contributed by atoms with Gasteiger partial charge in [0.05, 0.1) is 13.7 Å². The highest BCUT2D eigenvalue weighted by Crippen LogP contribution is 2.30. The topological polar surface area (TPSA) is 81.9 Å². The first-order valence-electron chi connectivity index (χ1n) is 11.0. The Balaban J connectivity index is 1.26. The summed E-state index contributed by atoms with van der Waals surface area (Å²) in [6.45, 7) is 3.38. The van der Waals surface area contributed by atoms with Crippen molar-refractivity contribution in [3.05, 3.63) is 66.5 Å². The maximum Gasteiger partial charge on any atom is 0.165 e. The standard InChI is InChI=1S/C24H29FN4O4/c1-31-23-14-19(6-7-22(23)32-13-12-29-17-26-27-18-29)15-28-10-8-24(30,9-11-28)16-33-21-5-3-2-4-20(21)25/h2-7,14,17-18,30H,8-13,15-16H2,1H3. The maximum absolute atomic E-state index is 13.8. The third-order valence-electron chi connectivity index (χ3n) is 5.83. The fraction of sp³-hybridized carbons (Fsp3) is 0.417. The van der Waals surface area contributed by atoms with Crippen LogP contribution in [-0.4, -0.2) is 63.8 Å². The Kier molecular flexibility index (Phi) is 7.41. The Labute approximate surface area is 192 Å². The van der Waals surface area contributed by atoms with Gasteiger partial charge in [-0.05, 0) is 42.7 Å². The number of hydrogen-bond donors (Lipinski definition) is 1. The van der Waals surface area contributed by atoms with Crippen molar-refractivity contribution in [1.29, 1.82) is 0 Å². The molecule has 0 radical (unpaired) electrons. The SMILES string of the molecule is COc1cc(CN2CCC(O)(COc3ccccc3F)CC2)ccc1OCCn1cnnc1. The van der Waals surface area contributed by atoms with E-state index in [2.05, 4.69) is 15.1 Å². The molecule has 1 fully saturated rings. The lowest BCUT2D eigenvalue weighted by atomic mass is 9.92. The normalized spacial score (nSPS) is 15.8. The van der Waals surface area contributed by atoms with Crippen LogP contribution in [0.15, 0.2) is 55.1 Å². The van der Waals surface area contributed by atoms with Gasteiger partial charge in [-0.2, -0.15) is 0 Å². The van der Waals surface area contributed by atoms with Crippen molar-refractivity contribution in [2.75, 3.05) is 33.4 Å². The van der Waals surface area contributed by atoms with E-state index in [1.165, 1.54) is 6.07 Å². The molecule has 0 aliphatic carbocycles. The van der Waals surface area contributed by atoms with E-state index in [-0.39, 0.29) is 12.4 Å². The Hall–Kier alpha value is -3.17. The molecule has 0 amide bonds. The molecular weight excluding hydrogens is 427 g/mol. The summed E-state index contributed by atoms with van der Waals surface area (Å²) in [7, 11) is 1.63. The number of aliphatic hydroxyl groups is 1. The van der Waals surface area contributed by atoms with Crippen LogP contribution in [0, 0.1) is 5.82 Å². The van der Waals surface area contributed by atoms with Gasteiger partial charge in [0.15, 0.2) is 23.1 Å². The van der Waals surface area contributed by atoms with Crippen molar-refractivity contribution in [2.24, 2.45) is 0 Å². The lowest BCUT2D eigenvalue weighted by Crippen LogP contribution is -2.47. The number of likely N-dealkylation sites (tertiary alicyclic amines) is 1. The van der Waals surface area contributed by atoms with Crippen LogP contribution in [0.3, 0.4) is 0 Å². The van der Waals surface area contributed by atoms with Gasteiger partial charge in [-0.3, -0.25) is 4.90 Å². The molecule has 0 bridgehead atoms. The quantitative estimate of drug-likeness (QED) is 0.502. The first-order valence-corrected chi connectivity index (χ1v) is 11.0. The van der Waals surface area contributed by atoms with E-state index < -0.39 is 11.4 Å². The first-order chi connectivity index (χ1) is 16.0. The molecule has 176 valence electrons. The van der Waals surface area contributed by atoms with Crippen LogP contribution in [-0.2, 0) is 13.1 Å². The third-order valence-corrected chi connectivity index (χ3v) is 5.83. The zero-order valence-electron chi connectivity index (χ0n) is 18.7. The van der Waals surface area contributed by atoms with E-state index in [4.69, 9.17) is 14.2 Å². The molecule has 3 aromatic rings. The van der Waals surface area contributed by atoms with E-state index >= 15 is 0 Å². The molecule has 2 heterocycles. The highest BCUT2D eigenvalue weighted by Gasteiger charge is 2.33. The highest BCUT2D eigenvalue weighted by atomic mass is 19.1. The summed E-state index contributed by atoms with van der Waals surface area (Å²) in [6, 6.07) is 12.2. The van der Waals surface area contributed by atoms with Gasteiger partial charge in [-0.1, -0.05) is 18.2 Å². The second-order valence-corrected chi connectivity index (χ2v) is 8.25. The molecule has 8 nitrogen and oxygen atoms in total. The number of benzene rings is 2. The van der Waals surface area contributed by atoms with Crippen LogP contribution < -0.4 is 14.2 Å². The number of piperidine rings is 1. The van der Waals surface area contributed by atoms with Gasteiger partial charge < -0.3 is 23.9 Å². The maximum atomic E-state index is 13.8. The molecule has 4 rings (SSSR count). The molecule has 1 N–H and O–H groups in total. The van der Waals surface area contributed by atoms with Gasteiger partial charge in [0.2, 0.25) is 0 Å². The van der Waals surface area contributed by atoms with E-state index in [9.17, 15) is 9.50 Å². The number of para-hydroxylation sites is 1. The second kappa shape index (κ2) is 10.6. The lowest BCUT2D eigenvalue weighted by Gasteiger charge is -2.38. The zero-order valence-corrected chi connectivity index (χ0v) is 18.7. The predicted molar refractivity (Wildman–Crippen MR) is 120 cm³/mol. The molecule has 0 spiro atoms. The van der Waals surface area contributed by atoms with E-state index in [1.807, 2.05) is 22.8 Å². The molecule has 0 saturated carbocycles. The molecule has 0 atom stereocenters. The highest BCUT2D eigenvalue weighted by molar-refractivity contribution is 5.43. The van der Waals surface area contributed by atoms with Gasteiger partial charge in [0, 0.05) is 19.6 Å². The van der Waals surface area contributed by atoms with Crippen molar-refractivity contribution in [3.8, 4) is 17.2 Å². The van der Waals surface area contributed by atoms with Crippen molar-refractivity contribution in [1.82, 2.24) is 19.7 Å². The van der Waals surface area contributed by atoms with Gasteiger partial charge in [-0.15, -0.1) is 10.2 Å². The van der Waals surface area contributed by atoms with Crippen molar-refractivity contribution in [2.45, 2.75) is 31.5 Å². The van der Waals surface area contributed by atoms with Crippen LogP contribution in [0.25, 0.3) is 0 Å². The van der Waals surface area contributed by atoms with Crippen molar-refractivity contribution >= 4 is 0 Å². The van der Waals surface area contributed by atoms with Crippen LogP contribution in [0.1, 0.15) is 18.4 Å². The fourth-order valence-corrected chi connectivity index (χ4v) is 3.83. The number of methoxy groups -OCH3 is 1. The minimum absolute atomic E-state index is 0.0801. The molecular formula is C24H29FN4O4. The Bertz CT molecular complexity index is 1020. The first kappa shape index (κ1) is 23.0. The largest absolute Gasteiger partial charge is 0.493 e. The van der Waals surface area contributed by atoms with Gasteiger partial charge in [0.1, 0.15) is 31.5 Å². The summed E-state index contributed by atoms with van der Waals surface area (Å²) in [5, 5.41) is 18.4. The van der Waals surface area contributed by atoms with E-state index in [1.54, 1.807) is 38.0 Å². The number of rotatable bonds is 10. The number of hydrogen-bond acceptors (Lipinski definition) is 7. The summed E-state index contributed by atoms with van der Waals surface area (Å²) in [4.78, 5) is 2.28. The monoisotopic (exact) mass is 456 g/mol. The summed E-state index contributed by atoms with van der Waals surface area (Å²) in [6.07, 6.45) is 4.41. The van der Waals surface area contributed by atoms with Gasteiger partial charge in [-0.25, -0.2) is 4.39 Å². The molecule has 0 unspecified atom stereocenters. The molecule has 1 aromatic heterocycles. The number of halogens is 1. The van der Waals surface area contributed by atoms with E-state index in [0.717, 1.165) is 25.2 Å². The van der Waals surface area contributed by atoms with Crippen molar-refractivity contribution < 1.29 is 23.7 Å².